The Morgan fingerprint density at radius 2 is 1.96 bits per heavy atom. The van der Waals surface area contributed by atoms with Crippen molar-refractivity contribution in [1.29, 1.82) is 0 Å². The SMILES string of the molecule is NS(=O)(=O)c1ccc(NC2CCCCC2)c(-c2nnn(C3CNC3)n2)c1. The quantitative estimate of drug-likeness (QED) is 0.705. The van der Waals surface area contributed by atoms with E-state index in [-0.39, 0.29) is 10.9 Å². The van der Waals surface area contributed by atoms with Gasteiger partial charge < -0.3 is 10.6 Å². The van der Waals surface area contributed by atoms with E-state index in [4.69, 9.17) is 5.14 Å². The van der Waals surface area contributed by atoms with Crippen molar-refractivity contribution in [3.05, 3.63) is 18.2 Å². The molecule has 0 spiro atoms. The van der Waals surface area contributed by atoms with E-state index >= 15 is 0 Å². The lowest BCUT2D eigenvalue weighted by atomic mass is 9.95. The van der Waals surface area contributed by atoms with Crippen molar-refractivity contribution in [3.8, 4) is 11.4 Å². The first-order valence-corrected chi connectivity index (χ1v) is 10.5. The number of nitrogens with zero attached hydrogens (tertiary/aromatic N) is 4. The molecule has 2 heterocycles. The van der Waals surface area contributed by atoms with Crippen molar-refractivity contribution >= 4 is 15.7 Å². The van der Waals surface area contributed by atoms with E-state index in [2.05, 4.69) is 26.0 Å². The number of primary sulfonamides is 1. The van der Waals surface area contributed by atoms with E-state index in [0.29, 0.717) is 17.4 Å². The lowest BCUT2D eigenvalue weighted by Gasteiger charge is -2.25. The normalized spacial score (nSPS) is 19.3. The minimum atomic E-state index is -3.81. The van der Waals surface area contributed by atoms with E-state index in [9.17, 15) is 8.42 Å². The first-order valence-electron chi connectivity index (χ1n) is 8.95. The maximum atomic E-state index is 11.8. The van der Waals surface area contributed by atoms with Gasteiger partial charge in [0.05, 0.1) is 10.9 Å². The lowest BCUT2D eigenvalue weighted by molar-refractivity contribution is 0.285. The summed E-state index contributed by atoms with van der Waals surface area (Å²) in [7, 11) is -3.81. The Bertz CT molecular complexity index is 886. The number of aromatic nitrogens is 4. The van der Waals surface area contributed by atoms with Crippen LogP contribution in [0.1, 0.15) is 38.1 Å². The van der Waals surface area contributed by atoms with Gasteiger partial charge in [-0.1, -0.05) is 19.3 Å². The molecule has 26 heavy (non-hydrogen) atoms. The molecule has 0 amide bonds. The molecule has 2 fully saturated rings. The van der Waals surface area contributed by atoms with Crippen LogP contribution in [0, 0.1) is 0 Å². The number of nitrogens with one attached hydrogen (secondary N) is 2. The highest BCUT2D eigenvalue weighted by molar-refractivity contribution is 7.89. The van der Waals surface area contributed by atoms with E-state index in [0.717, 1.165) is 31.6 Å². The third-order valence-electron chi connectivity index (χ3n) is 5.04. The third kappa shape index (κ3) is 3.57. The highest BCUT2D eigenvalue weighted by Gasteiger charge is 2.24. The molecule has 0 bridgehead atoms. The number of rotatable bonds is 5. The molecule has 1 saturated carbocycles. The van der Waals surface area contributed by atoms with Gasteiger partial charge in [-0.25, -0.2) is 13.6 Å². The van der Waals surface area contributed by atoms with Crippen molar-refractivity contribution in [2.24, 2.45) is 5.14 Å². The fraction of sp³-hybridized carbons (Fsp3) is 0.562. The van der Waals surface area contributed by atoms with Gasteiger partial charge in [0, 0.05) is 30.4 Å². The largest absolute Gasteiger partial charge is 0.382 e. The van der Waals surface area contributed by atoms with Crippen molar-refractivity contribution in [3.63, 3.8) is 0 Å². The molecule has 0 radical (unpaired) electrons. The molecular weight excluding hydrogens is 354 g/mol. The highest BCUT2D eigenvalue weighted by Crippen LogP contribution is 2.31. The Labute approximate surface area is 152 Å². The molecule has 9 nitrogen and oxygen atoms in total. The number of anilines is 1. The summed E-state index contributed by atoms with van der Waals surface area (Å²) in [6.07, 6.45) is 5.87. The standard InChI is InChI=1S/C16H23N7O2S/c17-26(24,25)13-6-7-15(19-11-4-2-1-3-5-11)14(8-13)16-20-22-23(21-16)12-9-18-10-12/h6-8,11-12,18-19H,1-5,9-10H2,(H2,17,24,25). The second-order valence-electron chi connectivity index (χ2n) is 6.98. The molecule has 10 heteroatoms. The van der Waals surface area contributed by atoms with Crippen LogP contribution >= 0.6 is 0 Å². The summed E-state index contributed by atoms with van der Waals surface area (Å²) in [5.74, 6) is 0.403. The van der Waals surface area contributed by atoms with Crippen molar-refractivity contribution in [1.82, 2.24) is 25.5 Å². The smallest absolute Gasteiger partial charge is 0.238 e. The van der Waals surface area contributed by atoms with Crippen LogP contribution in [-0.4, -0.2) is 47.8 Å². The van der Waals surface area contributed by atoms with E-state index in [1.165, 1.54) is 31.4 Å². The highest BCUT2D eigenvalue weighted by atomic mass is 32.2. The fourth-order valence-corrected chi connectivity index (χ4v) is 3.94. The van der Waals surface area contributed by atoms with Crippen molar-refractivity contribution in [2.45, 2.75) is 49.1 Å². The zero-order valence-electron chi connectivity index (χ0n) is 14.4. The van der Waals surface area contributed by atoms with E-state index in [1.54, 1.807) is 10.9 Å². The summed E-state index contributed by atoms with van der Waals surface area (Å²) in [5.41, 5.74) is 1.43. The summed E-state index contributed by atoms with van der Waals surface area (Å²) < 4.78 is 23.5. The van der Waals surface area contributed by atoms with Gasteiger partial charge in [-0.15, -0.1) is 10.2 Å². The Morgan fingerprint density at radius 1 is 1.19 bits per heavy atom. The summed E-state index contributed by atoms with van der Waals surface area (Å²) in [6, 6.07) is 5.35. The van der Waals surface area contributed by atoms with E-state index in [1.807, 2.05) is 0 Å². The monoisotopic (exact) mass is 377 g/mol. The van der Waals surface area contributed by atoms with Gasteiger partial charge in [0.2, 0.25) is 15.8 Å². The summed E-state index contributed by atoms with van der Waals surface area (Å²) in [5, 5.41) is 24.7. The number of tetrazole rings is 1. The molecule has 2 aliphatic rings. The second kappa shape index (κ2) is 6.93. The molecule has 2 aromatic rings. The molecule has 0 unspecified atom stereocenters. The number of hydrogen-bond donors (Lipinski definition) is 3. The summed E-state index contributed by atoms with van der Waals surface area (Å²) in [6.45, 7) is 1.61. The minimum Gasteiger partial charge on any atom is -0.382 e. The van der Waals surface area contributed by atoms with Crippen LogP contribution in [0.25, 0.3) is 11.4 Å². The van der Waals surface area contributed by atoms with Crippen LogP contribution in [0.5, 0.6) is 0 Å². The topological polar surface area (TPSA) is 128 Å². The zero-order chi connectivity index (χ0) is 18.1. The van der Waals surface area contributed by atoms with Crippen LogP contribution in [-0.2, 0) is 10.0 Å². The first kappa shape index (κ1) is 17.4. The van der Waals surface area contributed by atoms with Crippen LogP contribution < -0.4 is 15.8 Å². The average Bonchev–Trinajstić information content (AvgIpc) is 3.03. The van der Waals surface area contributed by atoms with Gasteiger partial charge in [-0.3, -0.25) is 0 Å². The molecule has 140 valence electrons. The molecule has 0 atom stereocenters. The maximum absolute atomic E-state index is 11.8. The van der Waals surface area contributed by atoms with Crippen LogP contribution in [0.2, 0.25) is 0 Å². The van der Waals surface area contributed by atoms with Gasteiger partial charge in [-0.05, 0) is 36.3 Å². The molecule has 1 saturated heterocycles. The maximum Gasteiger partial charge on any atom is 0.238 e. The van der Waals surface area contributed by atoms with Gasteiger partial charge in [0.1, 0.15) is 0 Å². The molecular formula is C16H23N7O2S. The average molecular weight is 377 g/mol. The summed E-state index contributed by atoms with van der Waals surface area (Å²) >= 11 is 0. The fourth-order valence-electron chi connectivity index (χ4n) is 3.40. The molecule has 1 aromatic heterocycles. The Balaban J connectivity index is 1.69. The number of hydrogen-bond acceptors (Lipinski definition) is 7. The first-order chi connectivity index (χ1) is 12.5. The Kier molecular flexibility index (Phi) is 4.63. The zero-order valence-corrected chi connectivity index (χ0v) is 15.2. The third-order valence-corrected chi connectivity index (χ3v) is 5.95. The van der Waals surface area contributed by atoms with Crippen LogP contribution in [0.3, 0.4) is 0 Å². The minimum absolute atomic E-state index is 0.0448. The molecule has 4 rings (SSSR count). The predicted molar refractivity (Wildman–Crippen MR) is 97.0 cm³/mol. The van der Waals surface area contributed by atoms with Crippen molar-refractivity contribution in [2.75, 3.05) is 18.4 Å². The Hall–Kier alpha value is -2.04. The van der Waals surface area contributed by atoms with Gasteiger partial charge >= 0.3 is 0 Å². The Morgan fingerprint density at radius 3 is 2.62 bits per heavy atom. The predicted octanol–water partition coefficient (Wildman–Crippen LogP) is 0.876. The van der Waals surface area contributed by atoms with E-state index < -0.39 is 10.0 Å². The molecule has 1 aliphatic heterocycles. The van der Waals surface area contributed by atoms with Crippen molar-refractivity contribution < 1.29 is 8.42 Å². The van der Waals surface area contributed by atoms with Gasteiger partial charge in [0.15, 0.2) is 0 Å². The number of benzene rings is 1. The van der Waals surface area contributed by atoms with Crippen LogP contribution in [0.4, 0.5) is 5.69 Å². The number of sulfonamides is 1. The number of nitrogens with two attached hydrogens (primary N) is 1. The van der Waals surface area contributed by atoms with Crippen LogP contribution in [0.15, 0.2) is 23.1 Å². The summed E-state index contributed by atoms with van der Waals surface area (Å²) in [4.78, 5) is 1.63. The van der Waals surface area contributed by atoms with Gasteiger partial charge in [0.25, 0.3) is 0 Å². The lowest BCUT2D eigenvalue weighted by Crippen LogP contribution is -2.44. The molecule has 1 aromatic carbocycles. The molecule has 1 aliphatic carbocycles. The second-order valence-corrected chi connectivity index (χ2v) is 8.54. The van der Waals surface area contributed by atoms with Gasteiger partial charge in [-0.2, -0.15) is 4.80 Å². The molecule has 4 N–H and O–H groups in total.